The molecule has 2 aromatic carbocycles. The molecular formula is C15H15NO2S. The molecule has 0 saturated heterocycles. The Morgan fingerprint density at radius 1 is 1.21 bits per heavy atom. The molecule has 0 unspecified atom stereocenters. The van der Waals surface area contributed by atoms with Gasteiger partial charge in [-0.25, -0.2) is 0 Å². The molecule has 0 radical (unpaired) electrons. The summed E-state index contributed by atoms with van der Waals surface area (Å²) in [6, 6.07) is 14.7. The van der Waals surface area contributed by atoms with Crippen LogP contribution in [0.3, 0.4) is 0 Å². The summed E-state index contributed by atoms with van der Waals surface area (Å²) in [5, 5.41) is 2.86. The van der Waals surface area contributed by atoms with Crippen molar-refractivity contribution in [3.8, 4) is 5.75 Å². The third-order valence-corrected chi connectivity index (χ3v) is 3.02. The average molecular weight is 273 g/mol. The van der Waals surface area contributed by atoms with E-state index in [4.69, 9.17) is 4.74 Å². The third-order valence-electron chi connectivity index (χ3n) is 2.74. The van der Waals surface area contributed by atoms with E-state index in [2.05, 4.69) is 17.9 Å². The fraction of sp³-hybridized carbons (Fsp3) is 0.133. The van der Waals surface area contributed by atoms with Crippen LogP contribution in [0.5, 0.6) is 5.75 Å². The van der Waals surface area contributed by atoms with Crippen molar-refractivity contribution in [2.45, 2.75) is 11.4 Å². The van der Waals surface area contributed by atoms with Crippen molar-refractivity contribution in [2.24, 2.45) is 0 Å². The van der Waals surface area contributed by atoms with Gasteiger partial charge in [-0.15, -0.1) is 12.6 Å². The first-order chi connectivity index (χ1) is 9.20. The normalized spacial score (nSPS) is 10.0. The Labute approximate surface area is 118 Å². The lowest BCUT2D eigenvalue weighted by Crippen LogP contribution is -2.23. The zero-order valence-corrected chi connectivity index (χ0v) is 11.5. The van der Waals surface area contributed by atoms with Crippen LogP contribution in [0.1, 0.15) is 15.9 Å². The van der Waals surface area contributed by atoms with E-state index in [1.807, 2.05) is 30.3 Å². The average Bonchev–Trinajstić information content (AvgIpc) is 2.45. The van der Waals surface area contributed by atoms with Gasteiger partial charge in [-0.3, -0.25) is 4.79 Å². The number of carbonyl (C=O) groups is 1. The maximum absolute atomic E-state index is 12.0. The molecule has 0 saturated carbocycles. The molecule has 19 heavy (non-hydrogen) atoms. The third kappa shape index (κ3) is 3.51. The Balaban J connectivity index is 2.04. The lowest BCUT2D eigenvalue weighted by Gasteiger charge is -2.09. The van der Waals surface area contributed by atoms with E-state index in [-0.39, 0.29) is 5.91 Å². The molecule has 2 aromatic rings. The molecule has 1 N–H and O–H groups in total. The number of hydrogen-bond acceptors (Lipinski definition) is 3. The molecule has 0 spiro atoms. The van der Waals surface area contributed by atoms with Gasteiger partial charge in [0.15, 0.2) is 0 Å². The summed E-state index contributed by atoms with van der Waals surface area (Å²) in [5.74, 6) is 0.646. The molecule has 0 atom stereocenters. The molecule has 0 aliphatic heterocycles. The summed E-state index contributed by atoms with van der Waals surface area (Å²) in [6.45, 7) is 0.430. The standard InChI is InChI=1S/C15H15NO2S/c1-18-14-8-3-2-5-12(14)10-16-15(17)11-6-4-7-13(19)9-11/h2-9,19H,10H2,1H3,(H,16,17). The minimum absolute atomic E-state index is 0.123. The van der Waals surface area contributed by atoms with Crippen LogP contribution in [0.15, 0.2) is 53.4 Å². The van der Waals surface area contributed by atoms with Crippen LogP contribution in [-0.2, 0) is 6.54 Å². The second-order valence-corrected chi connectivity index (χ2v) is 4.56. The van der Waals surface area contributed by atoms with Crippen molar-refractivity contribution in [1.82, 2.24) is 5.32 Å². The predicted octanol–water partition coefficient (Wildman–Crippen LogP) is 2.91. The van der Waals surface area contributed by atoms with E-state index >= 15 is 0 Å². The van der Waals surface area contributed by atoms with Crippen LogP contribution >= 0.6 is 12.6 Å². The molecule has 0 aliphatic rings. The first-order valence-electron chi connectivity index (χ1n) is 5.90. The first kappa shape index (κ1) is 13.5. The Morgan fingerprint density at radius 3 is 2.74 bits per heavy atom. The monoisotopic (exact) mass is 273 g/mol. The van der Waals surface area contributed by atoms with Gasteiger partial charge in [0.05, 0.1) is 7.11 Å². The number of ether oxygens (including phenoxy) is 1. The summed E-state index contributed by atoms with van der Waals surface area (Å²) in [6.07, 6.45) is 0. The predicted molar refractivity (Wildman–Crippen MR) is 77.9 cm³/mol. The quantitative estimate of drug-likeness (QED) is 0.841. The summed E-state index contributed by atoms with van der Waals surface area (Å²) < 4.78 is 5.24. The van der Waals surface area contributed by atoms with E-state index < -0.39 is 0 Å². The van der Waals surface area contributed by atoms with E-state index in [0.29, 0.717) is 12.1 Å². The Morgan fingerprint density at radius 2 is 2.00 bits per heavy atom. The minimum atomic E-state index is -0.123. The van der Waals surface area contributed by atoms with Gasteiger partial charge in [-0.2, -0.15) is 0 Å². The smallest absolute Gasteiger partial charge is 0.251 e. The number of benzene rings is 2. The number of para-hydroxylation sites is 1. The second kappa shape index (κ2) is 6.29. The first-order valence-corrected chi connectivity index (χ1v) is 6.34. The molecule has 0 aliphatic carbocycles. The van der Waals surface area contributed by atoms with Gasteiger partial charge < -0.3 is 10.1 Å². The van der Waals surface area contributed by atoms with Crippen LogP contribution in [0.25, 0.3) is 0 Å². The number of thiol groups is 1. The highest BCUT2D eigenvalue weighted by molar-refractivity contribution is 7.80. The summed E-state index contributed by atoms with van der Waals surface area (Å²) in [7, 11) is 1.62. The zero-order chi connectivity index (χ0) is 13.7. The molecule has 0 heterocycles. The molecule has 2 rings (SSSR count). The maximum Gasteiger partial charge on any atom is 0.251 e. The summed E-state index contributed by atoms with van der Waals surface area (Å²) >= 11 is 4.22. The van der Waals surface area contributed by atoms with Crippen LogP contribution in [0.4, 0.5) is 0 Å². The molecule has 0 bridgehead atoms. The Bertz CT molecular complexity index is 584. The van der Waals surface area contributed by atoms with Gasteiger partial charge in [0.2, 0.25) is 0 Å². The second-order valence-electron chi connectivity index (χ2n) is 4.04. The van der Waals surface area contributed by atoms with Gasteiger partial charge >= 0.3 is 0 Å². The molecule has 3 nitrogen and oxygen atoms in total. The highest BCUT2D eigenvalue weighted by Crippen LogP contribution is 2.17. The molecular weight excluding hydrogens is 258 g/mol. The van der Waals surface area contributed by atoms with E-state index in [1.54, 1.807) is 25.3 Å². The van der Waals surface area contributed by atoms with Gasteiger partial charge in [-0.05, 0) is 24.3 Å². The fourth-order valence-electron chi connectivity index (χ4n) is 1.77. The Hall–Kier alpha value is -1.94. The SMILES string of the molecule is COc1ccccc1CNC(=O)c1cccc(S)c1. The lowest BCUT2D eigenvalue weighted by atomic mass is 10.2. The number of hydrogen-bond donors (Lipinski definition) is 2. The van der Waals surface area contributed by atoms with E-state index in [1.165, 1.54) is 0 Å². The number of nitrogens with one attached hydrogen (secondary N) is 1. The lowest BCUT2D eigenvalue weighted by molar-refractivity contribution is 0.0950. The van der Waals surface area contributed by atoms with Crippen molar-refractivity contribution in [2.75, 3.05) is 7.11 Å². The van der Waals surface area contributed by atoms with Crippen molar-refractivity contribution >= 4 is 18.5 Å². The van der Waals surface area contributed by atoms with Gasteiger partial charge in [0.1, 0.15) is 5.75 Å². The van der Waals surface area contributed by atoms with Crippen LogP contribution < -0.4 is 10.1 Å². The van der Waals surface area contributed by atoms with Crippen LogP contribution in [-0.4, -0.2) is 13.0 Å². The topological polar surface area (TPSA) is 38.3 Å². The molecule has 0 aromatic heterocycles. The molecule has 4 heteroatoms. The molecule has 0 fully saturated rings. The number of amides is 1. The van der Waals surface area contributed by atoms with Crippen LogP contribution in [0.2, 0.25) is 0 Å². The largest absolute Gasteiger partial charge is 0.496 e. The molecule has 1 amide bonds. The van der Waals surface area contributed by atoms with Gasteiger partial charge in [0, 0.05) is 22.6 Å². The van der Waals surface area contributed by atoms with Gasteiger partial charge in [0.25, 0.3) is 5.91 Å². The number of rotatable bonds is 4. The zero-order valence-electron chi connectivity index (χ0n) is 10.6. The van der Waals surface area contributed by atoms with E-state index in [0.717, 1.165) is 16.2 Å². The molecule has 98 valence electrons. The maximum atomic E-state index is 12.0. The minimum Gasteiger partial charge on any atom is -0.496 e. The number of methoxy groups -OCH3 is 1. The van der Waals surface area contributed by atoms with Crippen LogP contribution in [0, 0.1) is 0 Å². The summed E-state index contributed by atoms with van der Waals surface area (Å²) in [5.41, 5.74) is 1.54. The highest BCUT2D eigenvalue weighted by atomic mass is 32.1. The van der Waals surface area contributed by atoms with Crippen molar-refractivity contribution in [3.05, 3.63) is 59.7 Å². The van der Waals surface area contributed by atoms with Gasteiger partial charge in [-0.1, -0.05) is 24.3 Å². The Kier molecular flexibility index (Phi) is 4.47. The fourth-order valence-corrected chi connectivity index (χ4v) is 2.00. The van der Waals surface area contributed by atoms with Crippen molar-refractivity contribution in [3.63, 3.8) is 0 Å². The highest BCUT2D eigenvalue weighted by Gasteiger charge is 2.07. The van der Waals surface area contributed by atoms with Crippen molar-refractivity contribution in [1.29, 1.82) is 0 Å². The number of carbonyl (C=O) groups excluding carboxylic acids is 1. The van der Waals surface area contributed by atoms with Crippen molar-refractivity contribution < 1.29 is 9.53 Å². The summed E-state index contributed by atoms with van der Waals surface area (Å²) in [4.78, 5) is 12.8. The van der Waals surface area contributed by atoms with E-state index in [9.17, 15) is 4.79 Å².